The van der Waals surface area contributed by atoms with E-state index in [-0.39, 0.29) is 11.7 Å². The monoisotopic (exact) mass is 336 g/mol. The minimum absolute atomic E-state index is 0.142. The molecule has 3 aromatic heterocycles. The molecule has 0 spiro atoms. The zero-order valence-corrected chi connectivity index (χ0v) is 13.2. The Labute approximate surface area is 133 Å². The molecule has 1 amide bonds. The first-order valence-corrected chi connectivity index (χ1v) is 8.09. The van der Waals surface area contributed by atoms with Crippen molar-refractivity contribution in [3.05, 3.63) is 33.8 Å². The molecule has 0 unspecified atom stereocenters. The summed E-state index contributed by atoms with van der Waals surface area (Å²) in [5.41, 5.74) is 5.28. The van der Waals surface area contributed by atoms with E-state index in [4.69, 9.17) is 10.5 Å². The smallest absolute Gasteiger partial charge is 0.348 e. The molecule has 0 aliphatic heterocycles. The number of amides is 1. The normalized spacial score (nSPS) is 11.0. The maximum atomic E-state index is 11.7. The SMILES string of the molecule is CCOC(=O)c1cc2sc(Cn3cc(C(N)=O)nn3)cc2s1. The molecule has 2 N–H and O–H groups in total. The maximum Gasteiger partial charge on any atom is 0.348 e. The average Bonchev–Trinajstić information content (AvgIpc) is 3.13. The number of hydrogen-bond donors (Lipinski definition) is 1. The second-order valence-corrected chi connectivity index (χ2v) is 6.69. The summed E-state index contributed by atoms with van der Waals surface area (Å²) in [6.07, 6.45) is 1.51. The van der Waals surface area contributed by atoms with Gasteiger partial charge >= 0.3 is 5.97 Å². The van der Waals surface area contributed by atoms with Crippen LogP contribution in [0.3, 0.4) is 0 Å². The quantitative estimate of drug-likeness (QED) is 0.717. The second-order valence-electron chi connectivity index (χ2n) is 4.44. The molecule has 3 rings (SSSR count). The molecule has 0 fully saturated rings. The average molecular weight is 336 g/mol. The molecule has 0 radical (unpaired) electrons. The zero-order valence-electron chi connectivity index (χ0n) is 11.6. The van der Waals surface area contributed by atoms with Crippen molar-refractivity contribution in [2.45, 2.75) is 13.5 Å². The van der Waals surface area contributed by atoms with Gasteiger partial charge in [-0.3, -0.25) is 4.79 Å². The molecule has 0 aliphatic rings. The van der Waals surface area contributed by atoms with E-state index in [2.05, 4.69) is 10.3 Å². The van der Waals surface area contributed by atoms with Crippen molar-refractivity contribution in [3.63, 3.8) is 0 Å². The van der Waals surface area contributed by atoms with Crippen molar-refractivity contribution >= 4 is 43.9 Å². The summed E-state index contributed by atoms with van der Waals surface area (Å²) in [5.74, 6) is -0.891. The van der Waals surface area contributed by atoms with Crippen LogP contribution < -0.4 is 5.73 Å². The van der Waals surface area contributed by atoms with Crippen LogP contribution in [-0.4, -0.2) is 33.5 Å². The van der Waals surface area contributed by atoms with Gasteiger partial charge in [-0.05, 0) is 19.1 Å². The number of nitrogens with zero attached hydrogens (tertiary/aromatic N) is 3. The molecule has 3 heterocycles. The lowest BCUT2D eigenvalue weighted by atomic mass is 10.4. The standard InChI is InChI=1S/C13H12N4O3S2/c1-2-20-13(19)11-4-10-9(22-11)3-7(21-10)5-17-6-8(12(14)18)15-16-17/h3-4,6H,2,5H2,1H3,(H2,14,18). The fourth-order valence-electron chi connectivity index (χ4n) is 1.91. The fraction of sp³-hybridized carbons (Fsp3) is 0.231. The highest BCUT2D eigenvalue weighted by atomic mass is 32.1. The lowest BCUT2D eigenvalue weighted by Gasteiger charge is -1.97. The lowest BCUT2D eigenvalue weighted by molar-refractivity contribution is 0.0532. The Kier molecular flexibility index (Phi) is 3.90. The van der Waals surface area contributed by atoms with Crippen LogP contribution in [-0.2, 0) is 11.3 Å². The van der Waals surface area contributed by atoms with E-state index in [0.29, 0.717) is 18.0 Å². The first-order chi connectivity index (χ1) is 10.6. The Morgan fingerprint density at radius 2 is 2.09 bits per heavy atom. The Morgan fingerprint density at radius 3 is 2.73 bits per heavy atom. The van der Waals surface area contributed by atoms with Crippen LogP contribution in [0.5, 0.6) is 0 Å². The third kappa shape index (κ3) is 2.85. The largest absolute Gasteiger partial charge is 0.462 e. The van der Waals surface area contributed by atoms with E-state index in [1.54, 1.807) is 22.9 Å². The lowest BCUT2D eigenvalue weighted by Crippen LogP contribution is -2.11. The van der Waals surface area contributed by atoms with Gasteiger partial charge in [-0.25, -0.2) is 9.48 Å². The van der Waals surface area contributed by atoms with E-state index in [0.717, 1.165) is 14.3 Å². The molecule has 9 heteroatoms. The fourth-order valence-corrected chi connectivity index (χ4v) is 4.22. The molecule has 114 valence electrons. The van der Waals surface area contributed by atoms with Gasteiger partial charge in [0.05, 0.1) is 19.3 Å². The van der Waals surface area contributed by atoms with Gasteiger partial charge in [0.2, 0.25) is 0 Å². The number of primary amides is 1. The van der Waals surface area contributed by atoms with Crippen LogP contribution in [0.4, 0.5) is 0 Å². The van der Waals surface area contributed by atoms with Gasteiger partial charge in [0.15, 0.2) is 5.69 Å². The third-order valence-corrected chi connectivity index (χ3v) is 5.10. The van der Waals surface area contributed by atoms with Crippen molar-refractivity contribution < 1.29 is 14.3 Å². The molecule has 0 bridgehead atoms. The summed E-state index contributed by atoms with van der Waals surface area (Å²) >= 11 is 2.97. The van der Waals surface area contributed by atoms with E-state index in [1.807, 2.05) is 12.1 Å². The van der Waals surface area contributed by atoms with E-state index in [1.165, 1.54) is 17.5 Å². The molecule has 0 aromatic carbocycles. The molecular weight excluding hydrogens is 324 g/mol. The van der Waals surface area contributed by atoms with Gasteiger partial charge in [0, 0.05) is 14.3 Å². The van der Waals surface area contributed by atoms with Crippen LogP contribution >= 0.6 is 22.7 Å². The predicted molar refractivity (Wildman–Crippen MR) is 83.3 cm³/mol. The number of aromatic nitrogens is 3. The van der Waals surface area contributed by atoms with Gasteiger partial charge in [0.25, 0.3) is 5.91 Å². The summed E-state index contributed by atoms with van der Waals surface area (Å²) < 4.78 is 8.60. The maximum absolute atomic E-state index is 11.7. The Bertz CT molecular complexity index is 817. The number of esters is 1. The second kappa shape index (κ2) is 5.85. The molecule has 0 saturated carbocycles. The Balaban J connectivity index is 1.79. The van der Waals surface area contributed by atoms with E-state index < -0.39 is 5.91 Å². The molecular formula is C13H12N4O3S2. The molecule has 0 saturated heterocycles. The van der Waals surface area contributed by atoms with Gasteiger partial charge in [-0.15, -0.1) is 27.8 Å². The van der Waals surface area contributed by atoms with Crippen LogP contribution in [0, 0.1) is 0 Å². The highest BCUT2D eigenvalue weighted by Gasteiger charge is 2.14. The predicted octanol–water partition coefficient (Wildman–Crippen LogP) is 1.88. The highest BCUT2D eigenvalue weighted by Crippen LogP contribution is 2.33. The molecule has 7 nitrogen and oxygen atoms in total. The van der Waals surface area contributed by atoms with Crippen molar-refractivity contribution in [2.75, 3.05) is 6.61 Å². The van der Waals surface area contributed by atoms with Crippen LogP contribution in [0.2, 0.25) is 0 Å². The van der Waals surface area contributed by atoms with E-state index in [9.17, 15) is 9.59 Å². The Hall–Kier alpha value is -2.26. The molecule has 3 aromatic rings. The van der Waals surface area contributed by atoms with Gasteiger partial charge in [-0.1, -0.05) is 5.21 Å². The van der Waals surface area contributed by atoms with E-state index >= 15 is 0 Å². The summed E-state index contributed by atoms with van der Waals surface area (Å²) in [4.78, 5) is 24.3. The summed E-state index contributed by atoms with van der Waals surface area (Å²) in [6.45, 7) is 2.65. The van der Waals surface area contributed by atoms with Gasteiger partial charge in [0.1, 0.15) is 4.88 Å². The number of carbonyl (C=O) groups excluding carboxylic acids is 2. The first kappa shape index (κ1) is 14.7. The topological polar surface area (TPSA) is 100 Å². The number of ether oxygens (including phenoxy) is 1. The summed E-state index contributed by atoms with van der Waals surface area (Å²) in [6, 6.07) is 3.83. The van der Waals surface area contributed by atoms with Gasteiger partial charge < -0.3 is 10.5 Å². The first-order valence-electron chi connectivity index (χ1n) is 6.46. The number of thiophene rings is 2. The number of nitrogens with two attached hydrogens (primary N) is 1. The van der Waals surface area contributed by atoms with Crippen LogP contribution in [0.1, 0.15) is 32.0 Å². The Morgan fingerprint density at radius 1 is 1.32 bits per heavy atom. The minimum atomic E-state index is -0.600. The van der Waals surface area contributed by atoms with Crippen molar-refractivity contribution in [3.8, 4) is 0 Å². The number of carbonyl (C=O) groups is 2. The third-order valence-electron chi connectivity index (χ3n) is 2.84. The number of rotatable bonds is 5. The van der Waals surface area contributed by atoms with Crippen LogP contribution in [0.15, 0.2) is 18.3 Å². The summed E-state index contributed by atoms with van der Waals surface area (Å²) in [5, 5.41) is 7.55. The van der Waals surface area contributed by atoms with Crippen LogP contribution in [0.25, 0.3) is 9.40 Å². The zero-order chi connectivity index (χ0) is 15.7. The molecule has 22 heavy (non-hydrogen) atoms. The highest BCUT2D eigenvalue weighted by molar-refractivity contribution is 7.28. The number of hydrogen-bond acceptors (Lipinski definition) is 7. The number of fused-ring (bicyclic) bond motifs is 1. The minimum Gasteiger partial charge on any atom is -0.462 e. The van der Waals surface area contributed by atoms with Crippen molar-refractivity contribution in [1.82, 2.24) is 15.0 Å². The van der Waals surface area contributed by atoms with Crippen molar-refractivity contribution in [2.24, 2.45) is 5.73 Å². The molecule has 0 aliphatic carbocycles. The van der Waals surface area contributed by atoms with Crippen molar-refractivity contribution in [1.29, 1.82) is 0 Å². The summed E-state index contributed by atoms with van der Waals surface area (Å²) in [7, 11) is 0. The van der Waals surface area contributed by atoms with Gasteiger partial charge in [-0.2, -0.15) is 0 Å². The molecule has 0 atom stereocenters.